The Bertz CT molecular complexity index is 517. The Morgan fingerprint density at radius 3 is 2.57 bits per heavy atom. The summed E-state index contributed by atoms with van der Waals surface area (Å²) < 4.78 is 24.5. The molecule has 0 saturated heterocycles. The number of carbonyl (C=O) groups is 1. The molecule has 0 N–H and O–H groups in total. The highest BCUT2D eigenvalue weighted by atomic mass is 79.9. The fourth-order valence-corrected chi connectivity index (χ4v) is 2.06. The number of unbranched alkanes of at least 4 members (excludes halogenated alkanes) is 2. The second kappa shape index (κ2) is 9.11. The van der Waals surface area contributed by atoms with Gasteiger partial charge in [0.2, 0.25) is 0 Å². The molecule has 1 amide bonds. The third kappa shape index (κ3) is 8.21. The van der Waals surface area contributed by atoms with Gasteiger partial charge in [-0.25, -0.2) is 9.18 Å². The zero-order valence-electron chi connectivity index (χ0n) is 14.2. The quantitative estimate of drug-likeness (QED) is 0.615. The molecule has 0 aliphatic heterocycles. The lowest BCUT2D eigenvalue weighted by Gasteiger charge is -2.24. The van der Waals surface area contributed by atoms with Crippen LogP contribution < -0.4 is 4.74 Å². The van der Waals surface area contributed by atoms with E-state index in [0.29, 0.717) is 23.4 Å². The summed E-state index contributed by atoms with van der Waals surface area (Å²) in [5.74, 6) is 0.193. The Labute approximate surface area is 146 Å². The van der Waals surface area contributed by atoms with Gasteiger partial charge in [0.05, 0.1) is 11.1 Å². The summed E-state index contributed by atoms with van der Waals surface area (Å²) in [6.45, 7) is 6.71. The summed E-state index contributed by atoms with van der Waals surface area (Å²) in [6, 6.07) is 4.71. The third-order valence-corrected chi connectivity index (χ3v) is 3.65. The maximum absolute atomic E-state index is 13.3. The Balaban J connectivity index is 2.15. The van der Waals surface area contributed by atoms with Crippen molar-refractivity contribution in [3.05, 3.63) is 28.5 Å². The average molecular weight is 390 g/mol. The first-order valence-corrected chi connectivity index (χ1v) is 8.50. The van der Waals surface area contributed by atoms with Crippen molar-refractivity contribution in [2.45, 2.75) is 45.6 Å². The summed E-state index contributed by atoms with van der Waals surface area (Å²) in [5, 5.41) is 0. The highest BCUT2D eigenvalue weighted by Gasteiger charge is 2.18. The fourth-order valence-electron chi connectivity index (χ4n) is 1.82. The van der Waals surface area contributed by atoms with Gasteiger partial charge in [-0.05, 0) is 68.1 Å². The van der Waals surface area contributed by atoms with Crippen molar-refractivity contribution in [2.75, 3.05) is 20.2 Å². The highest BCUT2D eigenvalue weighted by molar-refractivity contribution is 9.10. The van der Waals surface area contributed by atoms with E-state index in [0.717, 1.165) is 19.3 Å². The Morgan fingerprint density at radius 2 is 1.96 bits per heavy atom. The monoisotopic (exact) mass is 389 g/mol. The topological polar surface area (TPSA) is 38.8 Å². The van der Waals surface area contributed by atoms with Gasteiger partial charge in [0.1, 0.15) is 17.2 Å². The SMILES string of the molecule is CN(CCCCCOc1ccc(Br)c(F)c1)C(=O)OC(C)(C)C. The van der Waals surface area contributed by atoms with Crippen molar-refractivity contribution in [1.82, 2.24) is 4.90 Å². The van der Waals surface area contributed by atoms with Crippen LogP contribution in [0.5, 0.6) is 5.75 Å². The van der Waals surface area contributed by atoms with Crippen LogP contribution in [0.4, 0.5) is 9.18 Å². The lowest BCUT2D eigenvalue weighted by molar-refractivity contribution is 0.0296. The Morgan fingerprint density at radius 1 is 1.26 bits per heavy atom. The standard InChI is InChI=1S/C17H25BrFNO3/c1-17(2,3)23-16(21)20(4)10-6-5-7-11-22-13-8-9-14(18)15(19)12-13/h8-9,12H,5-7,10-11H2,1-4H3. The van der Waals surface area contributed by atoms with E-state index in [1.54, 1.807) is 24.1 Å². The second-order valence-electron chi connectivity index (χ2n) is 6.39. The zero-order valence-corrected chi connectivity index (χ0v) is 15.8. The normalized spacial score (nSPS) is 11.2. The maximum Gasteiger partial charge on any atom is 0.410 e. The Kier molecular flexibility index (Phi) is 7.82. The van der Waals surface area contributed by atoms with E-state index < -0.39 is 5.60 Å². The van der Waals surface area contributed by atoms with Gasteiger partial charge >= 0.3 is 6.09 Å². The number of rotatable bonds is 7. The van der Waals surface area contributed by atoms with Crippen LogP contribution in [-0.2, 0) is 4.74 Å². The number of amides is 1. The van der Waals surface area contributed by atoms with Crippen LogP contribution in [0, 0.1) is 5.82 Å². The average Bonchev–Trinajstić information content (AvgIpc) is 2.44. The molecule has 130 valence electrons. The number of nitrogens with zero attached hydrogens (tertiary/aromatic N) is 1. The number of hydrogen-bond donors (Lipinski definition) is 0. The summed E-state index contributed by atoms with van der Waals surface area (Å²) in [7, 11) is 1.73. The van der Waals surface area contributed by atoms with Gasteiger partial charge in [-0.3, -0.25) is 0 Å². The molecule has 0 fully saturated rings. The van der Waals surface area contributed by atoms with Crippen molar-refractivity contribution in [3.63, 3.8) is 0 Å². The predicted octanol–water partition coefficient (Wildman–Crippen LogP) is 5.00. The van der Waals surface area contributed by atoms with E-state index in [4.69, 9.17) is 9.47 Å². The first kappa shape index (κ1) is 19.7. The zero-order chi connectivity index (χ0) is 17.5. The molecule has 0 heterocycles. The third-order valence-electron chi connectivity index (χ3n) is 3.00. The van der Waals surface area contributed by atoms with Crippen LogP contribution in [0.25, 0.3) is 0 Å². The smallest absolute Gasteiger partial charge is 0.410 e. The molecule has 6 heteroatoms. The second-order valence-corrected chi connectivity index (χ2v) is 7.24. The van der Waals surface area contributed by atoms with Gasteiger partial charge in [-0.2, -0.15) is 0 Å². The minimum atomic E-state index is -0.473. The van der Waals surface area contributed by atoms with Gasteiger partial charge in [-0.15, -0.1) is 0 Å². The fraction of sp³-hybridized carbons (Fsp3) is 0.588. The van der Waals surface area contributed by atoms with Gasteiger partial charge < -0.3 is 14.4 Å². The Hall–Kier alpha value is -1.30. The van der Waals surface area contributed by atoms with Crippen LogP contribution in [-0.4, -0.2) is 36.8 Å². The summed E-state index contributed by atoms with van der Waals surface area (Å²) in [4.78, 5) is 13.3. The van der Waals surface area contributed by atoms with Crippen molar-refractivity contribution in [1.29, 1.82) is 0 Å². The molecule has 0 spiro atoms. The highest BCUT2D eigenvalue weighted by Crippen LogP contribution is 2.21. The molecule has 0 saturated carbocycles. The number of carbonyl (C=O) groups excluding carboxylic acids is 1. The van der Waals surface area contributed by atoms with Crippen molar-refractivity contribution >= 4 is 22.0 Å². The minimum Gasteiger partial charge on any atom is -0.493 e. The molecule has 0 aliphatic carbocycles. The molecule has 1 aromatic carbocycles. The molecular weight excluding hydrogens is 365 g/mol. The number of hydrogen-bond acceptors (Lipinski definition) is 3. The van der Waals surface area contributed by atoms with E-state index in [-0.39, 0.29) is 11.9 Å². The van der Waals surface area contributed by atoms with E-state index in [1.807, 2.05) is 20.8 Å². The molecule has 0 radical (unpaired) electrons. The van der Waals surface area contributed by atoms with Gasteiger partial charge in [-0.1, -0.05) is 0 Å². The minimum absolute atomic E-state index is 0.306. The van der Waals surface area contributed by atoms with Gasteiger partial charge in [0.15, 0.2) is 0 Å². The largest absolute Gasteiger partial charge is 0.493 e. The molecule has 0 unspecified atom stereocenters. The molecule has 4 nitrogen and oxygen atoms in total. The number of ether oxygens (including phenoxy) is 2. The lowest BCUT2D eigenvalue weighted by Crippen LogP contribution is -2.34. The van der Waals surface area contributed by atoms with Gasteiger partial charge in [0.25, 0.3) is 0 Å². The number of halogens is 2. The predicted molar refractivity (Wildman–Crippen MR) is 92.3 cm³/mol. The summed E-state index contributed by atoms with van der Waals surface area (Å²) >= 11 is 3.10. The lowest BCUT2D eigenvalue weighted by atomic mass is 10.2. The van der Waals surface area contributed by atoms with Gasteiger partial charge in [0, 0.05) is 19.7 Å². The molecule has 0 aromatic heterocycles. The van der Waals surface area contributed by atoms with E-state index >= 15 is 0 Å². The summed E-state index contributed by atoms with van der Waals surface area (Å²) in [6.07, 6.45) is 2.33. The first-order valence-electron chi connectivity index (χ1n) is 7.71. The van der Waals surface area contributed by atoms with Crippen LogP contribution in [0.1, 0.15) is 40.0 Å². The molecule has 0 bridgehead atoms. The molecule has 0 atom stereocenters. The molecule has 0 aliphatic rings. The van der Waals surface area contributed by atoms with Crippen LogP contribution >= 0.6 is 15.9 Å². The molecular formula is C17H25BrFNO3. The van der Waals surface area contributed by atoms with E-state index in [2.05, 4.69) is 15.9 Å². The van der Waals surface area contributed by atoms with Crippen LogP contribution in [0.3, 0.4) is 0 Å². The summed E-state index contributed by atoms with van der Waals surface area (Å²) in [5.41, 5.74) is -0.473. The van der Waals surface area contributed by atoms with Crippen molar-refractivity contribution in [2.24, 2.45) is 0 Å². The first-order chi connectivity index (χ1) is 10.7. The maximum atomic E-state index is 13.3. The molecule has 1 aromatic rings. The van der Waals surface area contributed by atoms with Crippen molar-refractivity contribution < 1.29 is 18.7 Å². The molecule has 23 heavy (non-hydrogen) atoms. The molecule has 1 rings (SSSR count). The van der Waals surface area contributed by atoms with E-state index in [9.17, 15) is 9.18 Å². The number of benzene rings is 1. The van der Waals surface area contributed by atoms with Crippen LogP contribution in [0.15, 0.2) is 22.7 Å². The van der Waals surface area contributed by atoms with Crippen LogP contribution in [0.2, 0.25) is 0 Å². The van der Waals surface area contributed by atoms with E-state index in [1.165, 1.54) is 6.07 Å². The van der Waals surface area contributed by atoms with Crippen molar-refractivity contribution in [3.8, 4) is 5.75 Å².